The van der Waals surface area contributed by atoms with E-state index >= 15 is 0 Å². The smallest absolute Gasteiger partial charge is 0.295 e. The standard InChI is InChI=1S/C18H25ClN2O2/c1-13(2)12-23-18(21-10-8-14(3)9-11-21)20-17(22)15-6-4-5-7-16(15)19/h4-7,13-14H,8-12H2,1-3H3. The summed E-state index contributed by atoms with van der Waals surface area (Å²) in [6, 6.07) is 7.39. The summed E-state index contributed by atoms with van der Waals surface area (Å²) in [7, 11) is 0. The van der Waals surface area contributed by atoms with E-state index in [1.54, 1.807) is 24.3 Å². The van der Waals surface area contributed by atoms with Crippen molar-refractivity contribution in [3.8, 4) is 0 Å². The zero-order valence-corrected chi connectivity index (χ0v) is 14.8. The monoisotopic (exact) mass is 336 g/mol. The van der Waals surface area contributed by atoms with Gasteiger partial charge in [-0.15, -0.1) is 0 Å². The molecular formula is C18H25ClN2O2. The van der Waals surface area contributed by atoms with Crippen LogP contribution in [0.25, 0.3) is 0 Å². The first-order valence-electron chi connectivity index (χ1n) is 8.22. The normalized spacial score (nSPS) is 16.7. The third kappa shape index (κ3) is 5.24. The fourth-order valence-electron chi connectivity index (χ4n) is 2.42. The van der Waals surface area contributed by atoms with Gasteiger partial charge in [0.2, 0.25) is 0 Å². The van der Waals surface area contributed by atoms with Crippen LogP contribution in [-0.2, 0) is 4.74 Å². The molecule has 0 aliphatic carbocycles. The zero-order valence-electron chi connectivity index (χ0n) is 14.1. The molecule has 0 atom stereocenters. The van der Waals surface area contributed by atoms with Crippen molar-refractivity contribution in [3.05, 3.63) is 34.9 Å². The van der Waals surface area contributed by atoms with E-state index in [0.717, 1.165) is 25.9 Å². The number of aliphatic imine (C=N–C) groups is 1. The number of nitrogens with zero attached hydrogens (tertiary/aromatic N) is 2. The SMILES string of the molecule is CC(C)COC(=NC(=O)c1ccccc1Cl)N1CCC(C)CC1. The van der Waals surface area contributed by atoms with Crippen LogP contribution in [0.4, 0.5) is 0 Å². The molecule has 1 aromatic carbocycles. The molecule has 1 aromatic rings. The number of benzene rings is 1. The number of carbonyl (C=O) groups excluding carboxylic acids is 1. The molecule has 1 fully saturated rings. The third-order valence-electron chi connectivity index (χ3n) is 3.90. The Morgan fingerprint density at radius 2 is 2.00 bits per heavy atom. The van der Waals surface area contributed by atoms with Crippen molar-refractivity contribution in [2.45, 2.75) is 33.6 Å². The number of halogens is 1. The van der Waals surface area contributed by atoms with Crippen LogP contribution in [0.5, 0.6) is 0 Å². The van der Waals surface area contributed by atoms with Gasteiger partial charge in [0, 0.05) is 13.1 Å². The number of hydrogen-bond donors (Lipinski definition) is 0. The maximum absolute atomic E-state index is 12.4. The van der Waals surface area contributed by atoms with Crippen molar-refractivity contribution in [1.82, 2.24) is 4.90 Å². The van der Waals surface area contributed by atoms with Gasteiger partial charge in [-0.2, -0.15) is 4.99 Å². The predicted molar refractivity (Wildman–Crippen MR) is 94.0 cm³/mol. The van der Waals surface area contributed by atoms with Crippen molar-refractivity contribution in [2.75, 3.05) is 19.7 Å². The molecule has 126 valence electrons. The lowest BCUT2D eigenvalue weighted by Gasteiger charge is -2.32. The fraction of sp³-hybridized carbons (Fsp3) is 0.556. The van der Waals surface area contributed by atoms with Crippen LogP contribution in [0.2, 0.25) is 5.02 Å². The van der Waals surface area contributed by atoms with Crippen molar-refractivity contribution >= 4 is 23.5 Å². The fourth-order valence-corrected chi connectivity index (χ4v) is 2.63. The van der Waals surface area contributed by atoms with Crippen molar-refractivity contribution in [2.24, 2.45) is 16.8 Å². The molecular weight excluding hydrogens is 312 g/mol. The molecule has 0 unspecified atom stereocenters. The molecule has 0 aromatic heterocycles. The molecule has 1 aliphatic heterocycles. The molecule has 0 N–H and O–H groups in total. The molecule has 1 aliphatic rings. The topological polar surface area (TPSA) is 41.9 Å². The average Bonchev–Trinajstić information content (AvgIpc) is 2.52. The minimum Gasteiger partial charge on any atom is -0.465 e. The van der Waals surface area contributed by atoms with Crippen LogP contribution >= 0.6 is 11.6 Å². The lowest BCUT2D eigenvalue weighted by Crippen LogP contribution is -2.40. The van der Waals surface area contributed by atoms with Gasteiger partial charge in [0.05, 0.1) is 17.2 Å². The van der Waals surface area contributed by atoms with Crippen molar-refractivity contribution in [3.63, 3.8) is 0 Å². The largest absolute Gasteiger partial charge is 0.465 e. The first-order chi connectivity index (χ1) is 11.0. The zero-order chi connectivity index (χ0) is 16.8. The van der Waals surface area contributed by atoms with Gasteiger partial charge in [-0.25, -0.2) is 0 Å². The summed E-state index contributed by atoms with van der Waals surface area (Å²) < 4.78 is 5.82. The Labute approximate surface area is 143 Å². The van der Waals surface area contributed by atoms with E-state index in [2.05, 4.69) is 30.7 Å². The second-order valence-corrected chi connectivity index (χ2v) is 6.96. The molecule has 1 saturated heterocycles. The lowest BCUT2D eigenvalue weighted by molar-refractivity contribution is 0.0989. The molecule has 5 heteroatoms. The number of rotatable bonds is 3. The van der Waals surface area contributed by atoms with E-state index in [1.165, 1.54) is 0 Å². The minimum atomic E-state index is -0.354. The Morgan fingerprint density at radius 1 is 1.35 bits per heavy atom. The van der Waals surface area contributed by atoms with Gasteiger partial charge in [0.25, 0.3) is 11.9 Å². The van der Waals surface area contributed by atoms with Gasteiger partial charge in [-0.3, -0.25) is 4.79 Å². The maximum Gasteiger partial charge on any atom is 0.295 e. The number of ether oxygens (including phenoxy) is 1. The Balaban J connectivity index is 2.18. The van der Waals surface area contributed by atoms with E-state index in [-0.39, 0.29) is 5.91 Å². The number of likely N-dealkylation sites (tertiary alicyclic amines) is 1. The highest BCUT2D eigenvalue weighted by molar-refractivity contribution is 6.34. The van der Waals surface area contributed by atoms with E-state index in [4.69, 9.17) is 16.3 Å². The molecule has 23 heavy (non-hydrogen) atoms. The van der Waals surface area contributed by atoms with Crippen molar-refractivity contribution < 1.29 is 9.53 Å². The van der Waals surface area contributed by atoms with Gasteiger partial charge >= 0.3 is 0 Å². The number of carbonyl (C=O) groups is 1. The third-order valence-corrected chi connectivity index (χ3v) is 4.23. The summed E-state index contributed by atoms with van der Waals surface area (Å²) in [5, 5.41) is 0.414. The Kier molecular flexibility index (Phi) is 6.46. The first-order valence-corrected chi connectivity index (χ1v) is 8.60. The summed E-state index contributed by atoms with van der Waals surface area (Å²) in [5.41, 5.74) is 0.408. The first kappa shape index (κ1) is 17.8. The van der Waals surface area contributed by atoms with Gasteiger partial charge in [0.15, 0.2) is 0 Å². The molecule has 0 saturated carbocycles. The molecule has 0 bridgehead atoms. The highest BCUT2D eigenvalue weighted by Gasteiger charge is 2.22. The van der Waals surface area contributed by atoms with Gasteiger partial charge in [0.1, 0.15) is 0 Å². The van der Waals surface area contributed by atoms with Crippen LogP contribution in [0.1, 0.15) is 44.0 Å². The molecule has 0 radical (unpaired) electrons. The minimum absolute atomic E-state index is 0.354. The Bertz CT molecular complexity index is 564. The summed E-state index contributed by atoms with van der Waals surface area (Å²) in [6.07, 6.45) is 2.18. The van der Waals surface area contributed by atoms with Crippen LogP contribution in [0, 0.1) is 11.8 Å². The second kappa shape index (κ2) is 8.34. The summed E-state index contributed by atoms with van der Waals surface area (Å²) in [5.74, 6) is 0.726. The van der Waals surface area contributed by atoms with Crippen LogP contribution in [0.15, 0.2) is 29.3 Å². The highest BCUT2D eigenvalue weighted by atomic mass is 35.5. The van der Waals surface area contributed by atoms with Crippen LogP contribution < -0.4 is 0 Å². The lowest BCUT2D eigenvalue weighted by atomic mass is 10.00. The quantitative estimate of drug-likeness (QED) is 0.612. The molecule has 1 amide bonds. The van der Waals surface area contributed by atoms with Crippen molar-refractivity contribution in [1.29, 1.82) is 0 Å². The van der Waals surface area contributed by atoms with E-state index in [9.17, 15) is 4.79 Å². The summed E-state index contributed by atoms with van der Waals surface area (Å²) >= 11 is 6.09. The number of piperidine rings is 1. The molecule has 2 rings (SSSR count). The van der Waals surface area contributed by atoms with E-state index < -0.39 is 0 Å². The Hall–Kier alpha value is -1.55. The van der Waals surface area contributed by atoms with Crippen LogP contribution in [0.3, 0.4) is 0 Å². The highest BCUT2D eigenvalue weighted by Crippen LogP contribution is 2.19. The molecule has 1 heterocycles. The van der Waals surface area contributed by atoms with Gasteiger partial charge in [-0.1, -0.05) is 44.5 Å². The predicted octanol–water partition coefficient (Wildman–Crippen LogP) is 4.24. The second-order valence-electron chi connectivity index (χ2n) is 6.55. The number of amidine groups is 1. The van der Waals surface area contributed by atoms with Gasteiger partial charge in [-0.05, 0) is 36.8 Å². The summed E-state index contributed by atoms with van der Waals surface area (Å²) in [4.78, 5) is 18.7. The number of hydrogen-bond acceptors (Lipinski definition) is 2. The van der Waals surface area contributed by atoms with Crippen LogP contribution in [-0.4, -0.2) is 36.5 Å². The van der Waals surface area contributed by atoms with E-state index in [1.807, 2.05) is 0 Å². The van der Waals surface area contributed by atoms with E-state index in [0.29, 0.717) is 35.1 Å². The molecule has 0 spiro atoms. The molecule has 4 nitrogen and oxygen atoms in total. The summed E-state index contributed by atoms with van der Waals surface area (Å²) in [6.45, 7) is 8.68. The van der Waals surface area contributed by atoms with Gasteiger partial charge < -0.3 is 9.64 Å². The average molecular weight is 337 g/mol. The maximum atomic E-state index is 12.4. The number of amides is 1. The Morgan fingerprint density at radius 3 is 2.61 bits per heavy atom.